The van der Waals surface area contributed by atoms with Crippen LogP contribution in [0.4, 0.5) is 0 Å². The van der Waals surface area contributed by atoms with Gasteiger partial charge in [-0.25, -0.2) is 4.98 Å². The maximum absolute atomic E-state index is 12.3. The van der Waals surface area contributed by atoms with E-state index >= 15 is 0 Å². The number of nitrogens with zero attached hydrogens (tertiary/aromatic N) is 2. The number of ether oxygens (including phenoxy) is 2. The Hall–Kier alpha value is -1.79. The van der Waals surface area contributed by atoms with Gasteiger partial charge in [0.05, 0.1) is 17.8 Å². The first kappa shape index (κ1) is 18.5. The Labute approximate surface area is 147 Å². The molecule has 0 fully saturated rings. The summed E-state index contributed by atoms with van der Waals surface area (Å²) in [6.07, 6.45) is 1.46. The van der Waals surface area contributed by atoms with Crippen molar-refractivity contribution in [2.45, 2.75) is 46.3 Å². The second-order valence-electron chi connectivity index (χ2n) is 5.86. The summed E-state index contributed by atoms with van der Waals surface area (Å²) < 4.78 is 11.2. The molecular weight excluding hydrogens is 324 g/mol. The van der Waals surface area contributed by atoms with Gasteiger partial charge < -0.3 is 9.47 Å². The fourth-order valence-electron chi connectivity index (χ4n) is 2.33. The summed E-state index contributed by atoms with van der Waals surface area (Å²) in [6.45, 7) is 8.57. The van der Waals surface area contributed by atoms with Crippen LogP contribution in [0.5, 0.6) is 0 Å². The first-order valence-corrected chi connectivity index (χ1v) is 9.05. The zero-order valence-electron chi connectivity index (χ0n) is 14.6. The molecule has 2 aromatic rings. The van der Waals surface area contributed by atoms with Crippen LogP contribution in [0.1, 0.15) is 56.3 Å². The minimum Gasteiger partial charge on any atom is -0.455 e. The van der Waals surface area contributed by atoms with Gasteiger partial charge in [-0.1, -0.05) is 19.9 Å². The number of pyridine rings is 1. The highest BCUT2D eigenvalue weighted by molar-refractivity contribution is 7.09. The second-order valence-corrected chi connectivity index (χ2v) is 6.75. The number of aromatic nitrogens is 2. The topological polar surface area (TPSA) is 61.3 Å². The van der Waals surface area contributed by atoms with Crippen molar-refractivity contribution in [1.29, 1.82) is 0 Å². The molecule has 0 saturated heterocycles. The molecular formula is C18H24N2O3S. The Bertz CT molecular complexity index is 643. The zero-order chi connectivity index (χ0) is 17.5. The van der Waals surface area contributed by atoms with Crippen molar-refractivity contribution in [1.82, 2.24) is 9.97 Å². The fourth-order valence-corrected chi connectivity index (χ4v) is 3.15. The van der Waals surface area contributed by atoms with Crippen molar-refractivity contribution in [3.8, 4) is 0 Å². The van der Waals surface area contributed by atoms with Crippen LogP contribution in [0.15, 0.2) is 29.8 Å². The molecule has 0 spiro atoms. The van der Waals surface area contributed by atoms with Crippen LogP contribution in [-0.4, -0.2) is 22.5 Å². The van der Waals surface area contributed by atoms with E-state index in [1.807, 2.05) is 51.3 Å². The zero-order valence-corrected chi connectivity index (χ0v) is 15.4. The predicted molar refractivity (Wildman–Crippen MR) is 93.8 cm³/mol. The number of hydrogen-bond acceptors (Lipinski definition) is 6. The van der Waals surface area contributed by atoms with Crippen LogP contribution in [0, 0.1) is 5.92 Å². The molecule has 0 bridgehead atoms. The van der Waals surface area contributed by atoms with Crippen molar-refractivity contribution in [2.75, 3.05) is 6.61 Å². The molecule has 0 aromatic carbocycles. The molecule has 0 aliphatic carbocycles. The van der Waals surface area contributed by atoms with Gasteiger partial charge in [-0.3, -0.25) is 9.78 Å². The van der Waals surface area contributed by atoms with Crippen molar-refractivity contribution in [2.24, 2.45) is 5.92 Å². The monoisotopic (exact) mass is 348 g/mol. The lowest BCUT2D eigenvalue weighted by molar-refractivity contribution is -0.151. The van der Waals surface area contributed by atoms with E-state index < -0.39 is 0 Å². The standard InChI is InChI=1S/C18H24N2O3S/c1-5-22-13(4)18-20-14(11-24-18)10-16(21)23-17(12(2)3)15-8-6-7-9-19-15/h6-9,11-13,17H,5,10H2,1-4H3/t13-,17+/m1/s1. The average Bonchev–Trinajstić information content (AvgIpc) is 3.02. The van der Waals surface area contributed by atoms with E-state index in [-0.39, 0.29) is 30.5 Å². The van der Waals surface area contributed by atoms with Crippen LogP contribution in [0.25, 0.3) is 0 Å². The molecule has 2 atom stereocenters. The highest BCUT2D eigenvalue weighted by atomic mass is 32.1. The summed E-state index contributed by atoms with van der Waals surface area (Å²) in [4.78, 5) is 21.1. The summed E-state index contributed by atoms with van der Waals surface area (Å²) in [5, 5.41) is 2.77. The van der Waals surface area contributed by atoms with Gasteiger partial charge in [-0.15, -0.1) is 11.3 Å². The number of esters is 1. The molecule has 0 aliphatic rings. The Morgan fingerprint density at radius 1 is 1.29 bits per heavy atom. The summed E-state index contributed by atoms with van der Waals surface area (Å²) >= 11 is 1.50. The number of hydrogen-bond donors (Lipinski definition) is 0. The smallest absolute Gasteiger partial charge is 0.312 e. The van der Waals surface area contributed by atoms with E-state index in [4.69, 9.17) is 9.47 Å². The lowest BCUT2D eigenvalue weighted by Crippen LogP contribution is -2.18. The van der Waals surface area contributed by atoms with Crippen LogP contribution in [0.2, 0.25) is 0 Å². The molecule has 2 rings (SSSR count). The van der Waals surface area contributed by atoms with E-state index in [0.717, 1.165) is 16.4 Å². The molecule has 130 valence electrons. The molecule has 0 unspecified atom stereocenters. The Kier molecular flexibility index (Phi) is 6.87. The van der Waals surface area contributed by atoms with E-state index in [1.165, 1.54) is 11.3 Å². The lowest BCUT2D eigenvalue weighted by Gasteiger charge is -2.20. The van der Waals surface area contributed by atoms with E-state index in [2.05, 4.69) is 9.97 Å². The molecule has 0 radical (unpaired) electrons. The highest BCUT2D eigenvalue weighted by Crippen LogP contribution is 2.25. The van der Waals surface area contributed by atoms with Gasteiger partial charge in [0, 0.05) is 18.2 Å². The van der Waals surface area contributed by atoms with Gasteiger partial charge in [-0.05, 0) is 31.9 Å². The number of carbonyl (C=O) groups is 1. The summed E-state index contributed by atoms with van der Waals surface area (Å²) in [7, 11) is 0. The molecule has 6 heteroatoms. The minimum absolute atomic E-state index is 0.0540. The van der Waals surface area contributed by atoms with E-state index in [1.54, 1.807) is 6.20 Å². The number of carbonyl (C=O) groups excluding carboxylic acids is 1. The second kappa shape index (κ2) is 8.89. The lowest BCUT2D eigenvalue weighted by atomic mass is 10.0. The van der Waals surface area contributed by atoms with Gasteiger partial charge >= 0.3 is 5.97 Å². The Morgan fingerprint density at radius 2 is 2.08 bits per heavy atom. The fraction of sp³-hybridized carbons (Fsp3) is 0.500. The van der Waals surface area contributed by atoms with Crippen LogP contribution < -0.4 is 0 Å². The Morgan fingerprint density at radius 3 is 2.71 bits per heavy atom. The summed E-state index contributed by atoms with van der Waals surface area (Å²) in [5.41, 5.74) is 1.49. The predicted octanol–water partition coefficient (Wildman–Crippen LogP) is 4.12. The van der Waals surface area contributed by atoms with Gasteiger partial charge in [0.2, 0.25) is 0 Å². The number of thiazole rings is 1. The summed E-state index contributed by atoms with van der Waals surface area (Å²) in [6, 6.07) is 5.62. The van der Waals surface area contributed by atoms with E-state index in [9.17, 15) is 4.79 Å². The molecule has 5 nitrogen and oxygen atoms in total. The molecule has 24 heavy (non-hydrogen) atoms. The highest BCUT2D eigenvalue weighted by Gasteiger charge is 2.22. The third kappa shape index (κ3) is 5.11. The van der Waals surface area contributed by atoms with Crippen LogP contribution in [-0.2, 0) is 20.7 Å². The quantitative estimate of drug-likeness (QED) is 0.672. The normalized spacial score (nSPS) is 13.7. The molecule has 0 saturated carbocycles. The summed E-state index contributed by atoms with van der Waals surface area (Å²) in [5.74, 6) is -0.145. The molecule has 0 N–H and O–H groups in total. The van der Waals surface area contributed by atoms with Gasteiger partial charge in [0.15, 0.2) is 0 Å². The maximum atomic E-state index is 12.3. The van der Waals surface area contributed by atoms with Crippen LogP contribution in [0.3, 0.4) is 0 Å². The van der Waals surface area contributed by atoms with Gasteiger partial charge in [0.1, 0.15) is 17.2 Å². The molecule has 2 aromatic heterocycles. The maximum Gasteiger partial charge on any atom is 0.312 e. The van der Waals surface area contributed by atoms with Crippen LogP contribution >= 0.6 is 11.3 Å². The third-order valence-corrected chi connectivity index (χ3v) is 4.56. The van der Waals surface area contributed by atoms with Crippen molar-refractivity contribution >= 4 is 17.3 Å². The number of rotatable bonds is 8. The van der Waals surface area contributed by atoms with Crippen molar-refractivity contribution in [3.63, 3.8) is 0 Å². The van der Waals surface area contributed by atoms with E-state index in [0.29, 0.717) is 6.61 Å². The first-order chi connectivity index (χ1) is 11.5. The third-order valence-electron chi connectivity index (χ3n) is 3.50. The molecule has 2 heterocycles. The van der Waals surface area contributed by atoms with Crippen molar-refractivity contribution in [3.05, 3.63) is 46.2 Å². The Balaban J connectivity index is 1.99. The van der Waals surface area contributed by atoms with Crippen molar-refractivity contribution < 1.29 is 14.3 Å². The van der Waals surface area contributed by atoms with Gasteiger partial charge in [0.25, 0.3) is 0 Å². The largest absolute Gasteiger partial charge is 0.455 e. The van der Waals surface area contributed by atoms with Gasteiger partial charge in [-0.2, -0.15) is 0 Å². The minimum atomic E-state index is -0.348. The molecule has 0 aliphatic heterocycles. The SMILES string of the molecule is CCO[C@H](C)c1nc(CC(=O)O[C@H](c2ccccn2)C(C)C)cs1. The first-order valence-electron chi connectivity index (χ1n) is 8.17. The molecule has 0 amide bonds. The average molecular weight is 348 g/mol.